The number of aliphatic hydroxyl groups excluding tert-OH is 1. The van der Waals surface area contributed by atoms with Crippen LogP contribution in [-0.2, 0) is 0 Å². The SMILES string of the molecule is CCCN(CCC(O)c1cccc(Cl)c1)CCN(C)C. The number of halogens is 1. The monoisotopic (exact) mass is 298 g/mol. The van der Waals surface area contributed by atoms with Gasteiger partial charge in [-0.1, -0.05) is 30.7 Å². The van der Waals surface area contributed by atoms with E-state index in [0.29, 0.717) is 5.02 Å². The van der Waals surface area contributed by atoms with Gasteiger partial charge >= 0.3 is 0 Å². The van der Waals surface area contributed by atoms with E-state index in [1.165, 1.54) is 0 Å². The number of hydrogen-bond acceptors (Lipinski definition) is 3. The summed E-state index contributed by atoms with van der Waals surface area (Å²) in [5.41, 5.74) is 0.904. The fourth-order valence-corrected chi connectivity index (χ4v) is 2.38. The lowest BCUT2D eigenvalue weighted by atomic mass is 10.1. The molecule has 20 heavy (non-hydrogen) atoms. The van der Waals surface area contributed by atoms with E-state index in [1.807, 2.05) is 24.3 Å². The van der Waals surface area contributed by atoms with Crippen molar-refractivity contribution in [3.05, 3.63) is 34.9 Å². The van der Waals surface area contributed by atoms with Crippen molar-refractivity contribution in [2.24, 2.45) is 0 Å². The minimum Gasteiger partial charge on any atom is -0.388 e. The topological polar surface area (TPSA) is 26.7 Å². The number of rotatable bonds is 9. The van der Waals surface area contributed by atoms with Crippen LogP contribution in [-0.4, -0.2) is 55.2 Å². The second-order valence-electron chi connectivity index (χ2n) is 5.50. The maximum atomic E-state index is 10.2. The molecule has 0 saturated heterocycles. The molecule has 1 rings (SSSR count). The lowest BCUT2D eigenvalue weighted by Gasteiger charge is -2.24. The van der Waals surface area contributed by atoms with Gasteiger partial charge in [0, 0.05) is 24.7 Å². The van der Waals surface area contributed by atoms with Crippen LogP contribution in [0.4, 0.5) is 0 Å². The third-order valence-electron chi connectivity index (χ3n) is 3.36. The first kappa shape index (κ1) is 17.4. The molecule has 0 aliphatic rings. The lowest BCUT2D eigenvalue weighted by molar-refractivity contribution is 0.138. The fraction of sp³-hybridized carbons (Fsp3) is 0.625. The van der Waals surface area contributed by atoms with Crippen LogP contribution >= 0.6 is 11.6 Å². The number of nitrogens with zero attached hydrogens (tertiary/aromatic N) is 2. The van der Waals surface area contributed by atoms with Gasteiger partial charge in [-0.15, -0.1) is 0 Å². The van der Waals surface area contributed by atoms with Gasteiger partial charge in [0.05, 0.1) is 6.10 Å². The zero-order valence-corrected chi connectivity index (χ0v) is 13.6. The molecule has 0 spiro atoms. The molecule has 0 saturated carbocycles. The molecule has 0 amide bonds. The number of likely N-dealkylation sites (N-methyl/N-ethyl adjacent to an activating group) is 1. The van der Waals surface area contributed by atoms with Crippen molar-refractivity contribution < 1.29 is 5.11 Å². The molecule has 1 unspecified atom stereocenters. The molecule has 0 fully saturated rings. The van der Waals surface area contributed by atoms with Crippen LogP contribution in [0.25, 0.3) is 0 Å². The Hall–Kier alpha value is -0.610. The van der Waals surface area contributed by atoms with Crippen molar-refractivity contribution in [2.75, 3.05) is 40.3 Å². The van der Waals surface area contributed by atoms with Crippen molar-refractivity contribution in [3.8, 4) is 0 Å². The van der Waals surface area contributed by atoms with Crippen LogP contribution in [0.3, 0.4) is 0 Å². The zero-order valence-electron chi connectivity index (χ0n) is 12.8. The molecule has 114 valence electrons. The summed E-state index contributed by atoms with van der Waals surface area (Å²) in [6.45, 7) is 6.28. The molecule has 3 nitrogen and oxygen atoms in total. The van der Waals surface area contributed by atoms with Crippen LogP contribution in [0.15, 0.2) is 24.3 Å². The van der Waals surface area contributed by atoms with Crippen molar-refractivity contribution in [3.63, 3.8) is 0 Å². The van der Waals surface area contributed by atoms with E-state index in [9.17, 15) is 5.11 Å². The van der Waals surface area contributed by atoms with Gasteiger partial charge in [0.1, 0.15) is 0 Å². The molecular weight excluding hydrogens is 272 g/mol. The van der Waals surface area contributed by atoms with E-state index in [-0.39, 0.29) is 0 Å². The highest BCUT2D eigenvalue weighted by atomic mass is 35.5. The van der Waals surface area contributed by atoms with E-state index in [1.54, 1.807) is 0 Å². The predicted octanol–water partition coefficient (Wildman–Crippen LogP) is 3.04. The van der Waals surface area contributed by atoms with Gasteiger partial charge < -0.3 is 14.9 Å². The summed E-state index contributed by atoms with van der Waals surface area (Å²) in [7, 11) is 4.18. The molecule has 4 heteroatoms. The van der Waals surface area contributed by atoms with Gasteiger partial charge in [0.15, 0.2) is 0 Å². The third-order valence-corrected chi connectivity index (χ3v) is 3.59. The second-order valence-corrected chi connectivity index (χ2v) is 5.94. The van der Waals surface area contributed by atoms with Crippen LogP contribution in [0.2, 0.25) is 5.02 Å². The molecule has 1 aromatic rings. The average molecular weight is 299 g/mol. The molecule has 0 radical (unpaired) electrons. The van der Waals surface area contributed by atoms with E-state index in [0.717, 1.165) is 44.6 Å². The summed E-state index contributed by atoms with van der Waals surface area (Å²) < 4.78 is 0. The Kier molecular flexibility index (Phi) is 8.15. The van der Waals surface area contributed by atoms with Gasteiger partial charge in [-0.05, 0) is 51.2 Å². The smallest absolute Gasteiger partial charge is 0.0802 e. The highest BCUT2D eigenvalue weighted by Crippen LogP contribution is 2.20. The number of aliphatic hydroxyl groups is 1. The van der Waals surface area contributed by atoms with E-state index < -0.39 is 6.10 Å². The molecular formula is C16H27ClN2O. The standard InChI is InChI=1S/C16H27ClN2O/c1-4-9-19(12-11-18(2)3)10-8-16(20)14-6-5-7-15(17)13-14/h5-7,13,16,20H,4,8-12H2,1-3H3. The average Bonchev–Trinajstić information content (AvgIpc) is 2.41. The van der Waals surface area contributed by atoms with E-state index in [2.05, 4.69) is 30.8 Å². The Labute approximate surface area is 128 Å². The van der Waals surface area contributed by atoms with Crippen molar-refractivity contribution in [1.82, 2.24) is 9.80 Å². The number of hydrogen-bond donors (Lipinski definition) is 1. The number of benzene rings is 1. The van der Waals surface area contributed by atoms with Crippen LogP contribution in [0.1, 0.15) is 31.4 Å². The Morgan fingerprint density at radius 2 is 1.90 bits per heavy atom. The lowest BCUT2D eigenvalue weighted by Crippen LogP contribution is -2.33. The normalized spacial score (nSPS) is 13.2. The first-order chi connectivity index (χ1) is 9.52. The van der Waals surface area contributed by atoms with Crippen molar-refractivity contribution >= 4 is 11.6 Å². The van der Waals surface area contributed by atoms with Gasteiger partial charge in [0.2, 0.25) is 0 Å². The molecule has 1 atom stereocenters. The molecule has 0 aliphatic carbocycles. The first-order valence-electron chi connectivity index (χ1n) is 7.33. The van der Waals surface area contributed by atoms with Crippen LogP contribution in [0, 0.1) is 0 Å². The summed E-state index contributed by atoms with van der Waals surface area (Å²) in [5, 5.41) is 10.9. The maximum Gasteiger partial charge on any atom is 0.0802 e. The molecule has 0 bridgehead atoms. The molecule has 0 heterocycles. The van der Waals surface area contributed by atoms with Crippen molar-refractivity contribution in [2.45, 2.75) is 25.9 Å². The summed E-state index contributed by atoms with van der Waals surface area (Å²) in [5.74, 6) is 0. The Morgan fingerprint density at radius 3 is 2.50 bits per heavy atom. The molecule has 1 N–H and O–H groups in total. The summed E-state index contributed by atoms with van der Waals surface area (Å²) in [4.78, 5) is 4.60. The van der Waals surface area contributed by atoms with Crippen LogP contribution < -0.4 is 0 Å². The molecule has 1 aromatic carbocycles. The Morgan fingerprint density at radius 1 is 1.15 bits per heavy atom. The summed E-state index contributed by atoms with van der Waals surface area (Å²) in [6.07, 6.45) is 1.45. The van der Waals surface area contributed by atoms with Gasteiger partial charge in [-0.2, -0.15) is 0 Å². The fourth-order valence-electron chi connectivity index (χ4n) is 2.18. The highest BCUT2D eigenvalue weighted by Gasteiger charge is 2.11. The Bertz CT molecular complexity index is 384. The highest BCUT2D eigenvalue weighted by molar-refractivity contribution is 6.30. The van der Waals surface area contributed by atoms with Gasteiger partial charge in [-0.3, -0.25) is 0 Å². The zero-order chi connectivity index (χ0) is 15.0. The Balaban J connectivity index is 2.45. The molecule has 0 aromatic heterocycles. The van der Waals surface area contributed by atoms with E-state index in [4.69, 9.17) is 11.6 Å². The molecule has 0 aliphatic heterocycles. The first-order valence-corrected chi connectivity index (χ1v) is 7.71. The summed E-state index contributed by atoms with van der Waals surface area (Å²) in [6, 6.07) is 7.49. The third kappa shape index (κ3) is 6.71. The van der Waals surface area contributed by atoms with E-state index >= 15 is 0 Å². The van der Waals surface area contributed by atoms with Gasteiger partial charge in [-0.25, -0.2) is 0 Å². The van der Waals surface area contributed by atoms with Gasteiger partial charge in [0.25, 0.3) is 0 Å². The minimum absolute atomic E-state index is 0.438. The van der Waals surface area contributed by atoms with Crippen LogP contribution in [0.5, 0.6) is 0 Å². The second kappa shape index (κ2) is 9.35. The van der Waals surface area contributed by atoms with Crippen molar-refractivity contribution in [1.29, 1.82) is 0 Å². The summed E-state index contributed by atoms with van der Waals surface area (Å²) >= 11 is 5.96. The largest absolute Gasteiger partial charge is 0.388 e. The minimum atomic E-state index is -0.438. The predicted molar refractivity (Wildman–Crippen MR) is 86.3 cm³/mol. The quantitative estimate of drug-likeness (QED) is 0.759. The maximum absolute atomic E-state index is 10.2.